The summed E-state index contributed by atoms with van der Waals surface area (Å²) in [6.45, 7) is 0.828. The van der Waals surface area contributed by atoms with Gasteiger partial charge in [0.2, 0.25) is 0 Å². The molecule has 2 aromatic rings. The Morgan fingerprint density at radius 2 is 1.75 bits per heavy atom. The molecule has 3 atom stereocenters. The average molecular weight is 321 g/mol. The molecule has 0 spiro atoms. The van der Waals surface area contributed by atoms with E-state index in [2.05, 4.69) is 29.2 Å². The van der Waals surface area contributed by atoms with Crippen LogP contribution in [0.3, 0.4) is 0 Å². The van der Waals surface area contributed by atoms with Crippen molar-refractivity contribution in [2.75, 3.05) is 0 Å². The number of carbonyl (C=O) groups excluding carboxylic acids is 1. The zero-order chi connectivity index (χ0) is 16.5. The van der Waals surface area contributed by atoms with Gasteiger partial charge in [-0.05, 0) is 36.1 Å². The lowest BCUT2D eigenvalue weighted by Gasteiger charge is -2.43. The van der Waals surface area contributed by atoms with Crippen molar-refractivity contribution in [3.63, 3.8) is 0 Å². The second-order valence-corrected chi connectivity index (χ2v) is 7.04. The Hall–Kier alpha value is -2.13. The Bertz CT molecular complexity index is 710. The minimum atomic E-state index is 0.159. The summed E-state index contributed by atoms with van der Waals surface area (Å²) in [5.41, 5.74) is 2.42. The molecule has 1 heterocycles. The molecular formula is C21H23NO2. The third-order valence-corrected chi connectivity index (χ3v) is 5.60. The van der Waals surface area contributed by atoms with Crippen LogP contribution < -0.4 is 0 Å². The summed E-state index contributed by atoms with van der Waals surface area (Å²) in [6.07, 6.45) is 3.91. The van der Waals surface area contributed by atoms with Crippen LogP contribution in [0, 0.1) is 5.92 Å². The van der Waals surface area contributed by atoms with E-state index in [0.29, 0.717) is 24.0 Å². The molecule has 0 bridgehead atoms. The first kappa shape index (κ1) is 15.4. The number of carbonyl (C=O) groups is 1. The highest BCUT2D eigenvalue weighted by atomic mass is 16.3. The van der Waals surface area contributed by atoms with Crippen LogP contribution in [0.25, 0.3) is 0 Å². The van der Waals surface area contributed by atoms with E-state index in [1.54, 1.807) is 12.1 Å². The van der Waals surface area contributed by atoms with Crippen molar-refractivity contribution in [3.8, 4) is 5.75 Å². The van der Waals surface area contributed by atoms with Crippen molar-refractivity contribution in [2.45, 2.75) is 44.3 Å². The predicted molar refractivity (Wildman–Crippen MR) is 93.6 cm³/mol. The Morgan fingerprint density at radius 3 is 2.50 bits per heavy atom. The lowest BCUT2D eigenvalue weighted by molar-refractivity contribution is -0.131. The fraction of sp³-hybridized carbons (Fsp3) is 0.381. The summed E-state index contributed by atoms with van der Waals surface area (Å²) in [6, 6.07) is 18.4. The number of phenolic OH excluding ortho intramolecular Hbond substituents is 1. The van der Waals surface area contributed by atoms with E-state index in [-0.39, 0.29) is 12.0 Å². The van der Waals surface area contributed by atoms with Crippen LogP contribution >= 0.6 is 0 Å². The number of piperidine rings is 1. The van der Waals surface area contributed by atoms with Crippen molar-refractivity contribution in [2.24, 2.45) is 5.92 Å². The molecule has 4 rings (SSSR count). The molecule has 2 aliphatic rings. The molecule has 0 unspecified atom stereocenters. The first-order valence-corrected chi connectivity index (χ1v) is 8.83. The molecule has 1 saturated heterocycles. The molecule has 3 nitrogen and oxygen atoms in total. The number of hydrogen-bond donors (Lipinski definition) is 1. The number of ketones is 1. The van der Waals surface area contributed by atoms with Gasteiger partial charge in [-0.2, -0.15) is 0 Å². The highest BCUT2D eigenvalue weighted by molar-refractivity contribution is 5.83. The van der Waals surface area contributed by atoms with Gasteiger partial charge in [0.15, 0.2) is 0 Å². The number of hydrogen-bond acceptors (Lipinski definition) is 3. The summed E-state index contributed by atoms with van der Waals surface area (Å²) in [4.78, 5) is 15.2. The number of likely N-dealkylation sites (tertiary alicyclic amines) is 1. The fourth-order valence-corrected chi connectivity index (χ4v) is 4.43. The van der Waals surface area contributed by atoms with Crippen molar-refractivity contribution < 1.29 is 9.90 Å². The van der Waals surface area contributed by atoms with Crippen LogP contribution in [-0.2, 0) is 11.3 Å². The first-order chi connectivity index (χ1) is 11.7. The third kappa shape index (κ3) is 2.84. The number of rotatable bonds is 3. The highest BCUT2D eigenvalue weighted by Crippen LogP contribution is 2.43. The average Bonchev–Trinajstić information content (AvgIpc) is 3.10. The maximum absolute atomic E-state index is 12.6. The van der Waals surface area contributed by atoms with Gasteiger partial charge in [0, 0.05) is 31.0 Å². The molecule has 0 aromatic heterocycles. The largest absolute Gasteiger partial charge is 0.508 e. The van der Waals surface area contributed by atoms with Crippen LogP contribution in [0.2, 0.25) is 0 Å². The minimum Gasteiger partial charge on any atom is -0.508 e. The Labute approximate surface area is 142 Å². The van der Waals surface area contributed by atoms with E-state index in [4.69, 9.17) is 0 Å². The van der Waals surface area contributed by atoms with Crippen LogP contribution in [0.15, 0.2) is 54.6 Å². The standard InChI is InChI=1S/C21H23NO2/c23-17-11-9-15(10-12-17)14-22-19-8-4-7-18(19)21(24)13-20(22)16-5-2-1-3-6-16/h1-3,5-6,9-12,18-20,23H,4,7-8,13-14H2/t18-,19-,20-/m0/s1. The number of benzene rings is 2. The zero-order valence-corrected chi connectivity index (χ0v) is 13.8. The van der Waals surface area contributed by atoms with Gasteiger partial charge in [0.1, 0.15) is 11.5 Å². The zero-order valence-electron chi connectivity index (χ0n) is 13.8. The molecule has 1 N–H and O–H groups in total. The summed E-state index contributed by atoms with van der Waals surface area (Å²) >= 11 is 0. The second-order valence-electron chi connectivity index (χ2n) is 7.04. The van der Waals surface area contributed by atoms with Gasteiger partial charge in [-0.15, -0.1) is 0 Å². The lowest BCUT2D eigenvalue weighted by atomic mass is 9.83. The third-order valence-electron chi connectivity index (χ3n) is 5.60. The monoisotopic (exact) mass is 321 g/mol. The van der Waals surface area contributed by atoms with Gasteiger partial charge in [0.25, 0.3) is 0 Å². The molecule has 1 aliphatic carbocycles. The van der Waals surface area contributed by atoms with Crippen LogP contribution in [-0.4, -0.2) is 21.8 Å². The maximum atomic E-state index is 12.6. The number of nitrogens with zero attached hydrogens (tertiary/aromatic N) is 1. The van der Waals surface area contributed by atoms with E-state index in [9.17, 15) is 9.90 Å². The molecule has 124 valence electrons. The smallest absolute Gasteiger partial charge is 0.139 e. The predicted octanol–water partition coefficient (Wildman–Crippen LogP) is 4.08. The van der Waals surface area contributed by atoms with Gasteiger partial charge in [-0.25, -0.2) is 0 Å². The van der Waals surface area contributed by atoms with Gasteiger partial charge in [-0.3, -0.25) is 9.69 Å². The van der Waals surface area contributed by atoms with E-state index in [0.717, 1.165) is 25.8 Å². The van der Waals surface area contributed by atoms with E-state index in [1.807, 2.05) is 18.2 Å². The topological polar surface area (TPSA) is 40.5 Å². The molecule has 1 saturated carbocycles. The lowest BCUT2D eigenvalue weighted by Crippen LogP contribution is -2.48. The fourth-order valence-electron chi connectivity index (χ4n) is 4.43. The Morgan fingerprint density at radius 1 is 1.00 bits per heavy atom. The quantitative estimate of drug-likeness (QED) is 0.926. The van der Waals surface area contributed by atoms with Crippen LogP contribution in [0.1, 0.15) is 42.9 Å². The highest BCUT2D eigenvalue weighted by Gasteiger charge is 2.44. The number of phenols is 1. The summed E-state index contributed by atoms with van der Waals surface area (Å²) < 4.78 is 0. The second kappa shape index (κ2) is 6.40. The van der Waals surface area contributed by atoms with Crippen LogP contribution in [0.5, 0.6) is 5.75 Å². The summed E-state index contributed by atoms with van der Waals surface area (Å²) in [5.74, 6) is 0.946. The van der Waals surface area contributed by atoms with E-state index < -0.39 is 0 Å². The van der Waals surface area contributed by atoms with Gasteiger partial charge < -0.3 is 5.11 Å². The molecule has 2 aromatic carbocycles. The molecule has 3 heteroatoms. The molecule has 2 fully saturated rings. The SMILES string of the molecule is O=C1C[C@@H](c2ccccc2)N(Cc2ccc(O)cc2)[C@H]2CCC[C@H]12. The van der Waals surface area contributed by atoms with Gasteiger partial charge >= 0.3 is 0 Å². The van der Waals surface area contributed by atoms with E-state index in [1.165, 1.54) is 11.1 Å². The van der Waals surface area contributed by atoms with Crippen molar-refractivity contribution >= 4 is 5.78 Å². The van der Waals surface area contributed by atoms with Gasteiger partial charge in [0.05, 0.1) is 0 Å². The van der Waals surface area contributed by atoms with Crippen molar-refractivity contribution in [1.29, 1.82) is 0 Å². The number of fused-ring (bicyclic) bond motifs is 1. The molecule has 0 amide bonds. The normalized spacial score (nSPS) is 27.2. The molecular weight excluding hydrogens is 298 g/mol. The summed E-state index contributed by atoms with van der Waals surface area (Å²) in [5, 5.41) is 9.52. The van der Waals surface area contributed by atoms with E-state index >= 15 is 0 Å². The Balaban J connectivity index is 1.67. The maximum Gasteiger partial charge on any atom is 0.139 e. The molecule has 0 radical (unpaired) electrons. The minimum absolute atomic E-state index is 0.159. The molecule has 24 heavy (non-hydrogen) atoms. The van der Waals surface area contributed by atoms with Crippen LogP contribution in [0.4, 0.5) is 0 Å². The Kier molecular flexibility index (Phi) is 4.11. The number of Topliss-reactive ketones (excluding diaryl/α,β-unsaturated/α-hetero) is 1. The number of aromatic hydroxyl groups is 1. The first-order valence-electron chi connectivity index (χ1n) is 8.83. The van der Waals surface area contributed by atoms with Crippen molar-refractivity contribution in [3.05, 3.63) is 65.7 Å². The molecule has 1 aliphatic heterocycles. The summed E-state index contributed by atoms with van der Waals surface area (Å²) in [7, 11) is 0. The van der Waals surface area contributed by atoms with Crippen molar-refractivity contribution in [1.82, 2.24) is 4.90 Å². The van der Waals surface area contributed by atoms with Gasteiger partial charge in [-0.1, -0.05) is 48.9 Å².